The molecule has 1 fully saturated rings. The fourth-order valence-electron chi connectivity index (χ4n) is 6.48. The Labute approximate surface area is 257 Å². The first kappa shape index (κ1) is 32.5. The lowest BCUT2D eigenvalue weighted by atomic mass is 9.91. The van der Waals surface area contributed by atoms with Crippen molar-refractivity contribution in [3.05, 3.63) is 76.6 Å². The van der Waals surface area contributed by atoms with Crippen LogP contribution < -0.4 is 0 Å². The normalized spacial score (nSPS) is 17.4. The summed E-state index contributed by atoms with van der Waals surface area (Å²) in [6.07, 6.45) is 8.03. The molecular formula is C36H49N3O4. The number of unbranched alkanes of at least 4 members (excludes halogenated alkanes) is 1. The van der Waals surface area contributed by atoms with E-state index >= 15 is 0 Å². The summed E-state index contributed by atoms with van der Waals surface area (Å²) < 4.78 is 6.70. The number of methoxy groups -OCH3 is 1. The third-order valence-electron chi connectivity index (χ3n) is 8.63. The standard InChI is InChI=1S/C36H49N3O4/c1-7-8-11-30-20-32-21-31(36(42)39(25(2)3)24-33(40)43-6)16-18-38(32)34(30)35(41)29-14-12-28(13-15-29)10-9-17-37-22-26(4)19-27(5)23-37/h12-16,18,20-21,25-27H,7-11,17,19,22-24H2,1-6H3/t26-,27+. The molecule has 1 aliphatic heterocycles. The number of hydrogen-bond acceptors (Lipinski definition) is 5. The number of carbonyl (C=O) groups is 3. The second kappa shape index (κ2) is 14.8. The molecule has 3 aromatic rings. The van der Waals surface area contributed by atoms with E-state index in [2.05, 4.69) is 37.8 Å². The number of carbonyl (C=O) groups excluding carboxylic acids is 3. The molecule has 232 valence electrons. The number of ether oxygens (including phenoxy) is 1. The topological polar surface area (TPSA) is 71.3 Å². The number of nitrogens with zero attached hydrogens (tertiary/aromatic N) is 3. The van der Waals surface area contributed by atoms with E-state index in [-0.39, 0.29) is 24.3 Å². The van der Waals surface area contributed by atoms with Crippen LogP contribution in [0.15, 0.2) is 48.7 Å². The van der Waals surface area contributed by atoms with E-state index in [1.807, 2.05) is 42.5 Å². The SMILES string of the molecule is CCCCc1cc2cc(C(=O)N(CC(=O)OC)C(C)C)ccn2c1C(=O)c1ccc(CCCN2C[C@H](C)C[C@H](C)C2)cc1. The summed E-state index contributed by atoms with van der Waals surface area (Å²) in [6.45, 7) is 14.0. The van der Waals surface area contributed by atoms with E-state index in [1.165, 1.54) is 37.1 Å². The quantitative estimate of drug-likeness (QED) is 0.170. The molecule has 1 amide bonds. The molecule has 4 rings (SSSR count). The maximum atomic E-state index is 13.9. The second-order valence-electron chi connectivity index (χ2n) is 12.8. The van der Waals surface area contributed by atoms with Gasteiger partial charge in [-0.15, -0.1) is 0 Å². The highest BCUT2D eigenvalue weighted by atomic mass is 16.5. The van der Waals surface area contributed by atoms with Crippen molar-refractivity contribution in [2.45, 2.75) is 79.2 Å². The molecule has 0 bridgehead atoms. The number of fused-ring (bicyclic) bond motifs is 1. The Morgan fingerprint density at radius 2 is 1.65 bits per heavy atom. The summed E-state index contributed by atoms with van der Waals surface area (Å²) in [4.78, 5) is 43.3. The number of rotatable bonds is 13. The van der Waals surface area contributed by atoms with Crippen molar-refractivity contribution < 1.29 is 19.1 Å². The number of hydrogen-bond donors (Lipinski definition) is 0. The molecule has 2 aromatic heterocycles. The fraction of sp³-hybridized carbons (Fsp3) is 0.528. The molecule has 0 aliphatic carbocycles. The first-order valence-corrected chi connectivity index (χ1v) is 16.0. The smallest absolute Gasteiger partial charge is 0.325 e. The molecule has 0 unspecified atom stereocenters. The minimum absolute atomic E-state index is 0.0116. The number of likely N-dealkylation sites (tertiary alicyclic amines) is 1. The summed E-state index contributed by atoms with van der Waals surface area (Å²) in [5, 5.41) is 0. The minimum Gasteiger partial charge on any atom is -0.468 e. The largest absolute Gasteiger partial charge is 0.468 e. The number of piperidine rings is 1. The average Bonchev–Trinajstić information content (AvgIpc) is 3.35. The first-order chi connectivity index (χ1) is 20.6. The number of pyridine rings is 1. The first-order valence-electron chi connectivity index (χ1n) is 16.0. The number of aryl methyl sites for hydroxylation is 2. The van der Waals surface area contributed by atoms with Crippen molar-refractivity contribution in [1.29, 1.82) is 0 Å². The Kier molecular flexibility index (Phi) is 11.2. The number of ketones is 1. The van der Waals surface area contributed by atoms with Gasteiger partial charge in [0.15, 0.2) is 0 Å². The van der Waals surface area contributed by atoms with Gasteiger partial charge < -0.3 is 18.9 Å². The lowest BCUT2D eigenvalue weighted by Gasteiger charge is -2.34. The Balaban J connectivity index is 1.52. The van der Waals surface area contributed by atoms with Crippen LogP contribution in [0.1, 0.15) is 97.8 Å². The van der Waals surface area contributed by atoms with E-state index in [0.717, 1.165) is 61.6 Å². The molecule has 7 heteroatoms. The van der Waals surface area contributed by atoms with E-state index in [9.17, 15) is 14.4 Å². The summed E-state index contributed by atoms with van der Waals surface area (Å²) in [6, 6.07) is 13.5. The van der Waals surface area contributed by atoms with Crippen LogP contribution >= 0.6 is 0 Å². The van der Waals surface area contributed by atoms with Gasteiger partial charge in [-0.05, 0) is 93.7 Å². The highest BCUT2D eigenvalue weighted by Crippen LogP contribution is 2.25. The fourth-order valence-corrected chi connectivity index (χ4v) is 6.48. The predicted octanol–water partition coefficient (Wildman–Crippen LogP) is 6.45. The zero-order chi connectivity index (χ0) is 31.1. The lowest BCUT2D eigenvalue weighted by Crippen LogP contribution is -2.41. The summed E-state index contributed by atoms with van der Waals surface area (Å²) in [5.74, 6) is 0.830. The van der Waals surface area contributed by atoms with Gasteiger partial charge in [-0.2, -0.15) is 0 Å². The van der Waals surface area contributed by atoms with Crippen LogP contribution in [0.2, 0.25) is 0 Å². The number of esters is 1. The van der Waals surface area contributed by atoms with Gasteiger partial charge in [-0.3, -0.25) is 14.4 Å². The number of aromatic nitrogens is 1. The maximum absolute atomic E-state index is 13.9. The second-order valence-corrected chi connectivity index (χ2v) is 12.8. The summed E-state index contributed by atoms with van der Waals surface area (Å²) in [7, 11) is 1.32. The third-order valence-corrected chi connectivity index (χ3v) is 8.63. The van der Waals surface area contributed by atoms with Crippen molar-refractivity contribution in [3.63, 3.8) is 0 Å². The Morgan fingerprint density at radius 3 is 2.28 bits per heavy atom. The van der Waals surface area contributed by atoms with Crippen LogP contribution in [0.3, 0.4) is 0 Å². The van der Waals surface area contributed by atoms with Crippen LogP contribution in [0, 0.1) is 11.8 Å². The summed E-state index contributed by atoms with van der Waals surface area (Å²) >= 11 is 0. The predicted molar refractivity (Wildman–Crippen MR) is 172 cm³/mol. The van der Waals surface area contributed by atoms with Crippen LogP contribution in [0.25, 0.3) is 5.52 Å². The zero-order valence-corrected chi connectivity index (χ0v) is 26.9. The van der Waals surface area contributed by atoms with Gasteiger partial charge in [0.2, 0.25) is 5.78 Å². The molecule has 3 heterocycles. The van der Waals surface area contributed by atoms with Gasteiger partial charge in [-0.1, -0.05) is 51.5 Å². The van der Waals surface area contributed by atoms with E-state index in [0.29, 0.717) is 16.8 Å². The Bertz CT molecular complexity index is 1400. The maximum Gasteiger partial charge on any atom is 0.325 e. The molecule has 1 aromatic carbocycles. The van der Waals surface area contributed by atoms with Gasteiger partial charge in [0.25, 0.3) is 5.91 Å². The molecule has 43 heavy (non-hydrogen) atoms. The van der Waals surface area contributed by atoms with Gasteiger partial charge >= 0.3 is 5.97 Å². The van der Waals surface area contributed by atoms with Crippen molar-refractivity contribution in [2.75, 3.05) is 33.3 Å². The molecule has 0 radical (unpaired) electrons. The van der Waals surface area contributed by atoms with Crippen LogP contribution in [-0.4, -0.2) is 71.2 Å². The lowest BCUT2D eigenvalue weighted by molar-refractivity contribution is -0.141. The zero-order valence-electron chi connectivity index (χ0n) is 26.9. The molecule has 0 saturated carbocycles. The molecule has 0 N–H and O–H groups in total. The average molecular weight is 588 g/mol. The van der Waals surface area contributed by atoms with E-state index in [4.69, 9.17) is 4.74 Å². The summed E-state index contributed by atoms with van der Waals surface area (Å²) in [5.41, 5.74) is 4.83. The molecule has 7 nitrogen and oxygen atoms in total. The van der Waals surface area contributed by atoms with Gasteiger partial charge in [0, 0.05) is 42.0 Å². The molecular weight excluding hydrogens is 538 g/mol. The molecule has 2 atom stereocenters. The van der Waals surface area contributed by atoms with E-state index in [1.54, 1.807) is 12.3 Å². The molecule has 0 spiro atoms. The highest BCUT2D eigenvalue weighted by Gasteiger charge is 2.25. The molecule has 1 aliphatic rings. The van der Waals surface area contributed by atoms with E-state index < -0.39 is 5.97 Å². The monoisotopic (exact) mass is 587 g/mol. The molecule has 1 saturated heterocycles. The third kappa shape index (κ3) is 8.14. The van der Waals surface area contributed by atoms with Crippen LogP contribution in [0.5, 0.6) is 0 Å². The van der Waals surface area contributed by atoms with Crippen molar-refractivity contribution in [3.8, 4) is 0 Å². The highest BCUT2D eigenvalue weighted by molar-refractivity contribution is 6.10. The number of amides is 1. The van der Waals surface area contributed by atoms with Gasteiger partial charge in [0.05, 0.1) is 12.8 Å². The van der Waals surface area contributed by atoms with Crippen LogP contribution in [-0.2, 0) is 22.4 Å². The van der Waals surface area contributed by atoms with Crippen molar-refractivity contribution in [1.82, 2.24) is 14.2 Å². The van der Waals surface area contributed by atoms with Gasteiger partial charge in [0.1, 0.15) is 6.54 Å². The van der Waals surface area contributed by atoms with Crippen molar-refractivity contribution >= 4 is 23.2 Å². The Morgan fingerprint density at radius 1 is 0.953 bits per heavy atom. The Hall–Kier alpha value is -3.45. The number of benzene rings is 1. The van der Waals surface area contributed by atoms with Crippen LogP contribution in [0.4, 0.5) is 0 Å². The van der Waals surface area contributed by atoms with Crippen molar-refractivity contribution in [2.24, 2.45) is 11.8 Å². The minimum atomic E-state index is -0.460. The van der Waals surface area contributed by atoms with Gasteiger partial charge in [-0.25, -0.2) is 0 Å².